The van der Waals surface area contributed by atoms with Crippen LogP contribution in [0.1, 0.15) is 59.8 Å². The third kappa shape index (κ3) is 7.99. The van der Waals surface area contributed by atoms with Crippen LogP contribution in [0.5, 0.6) is 0 Å². The van der Waals surface area contributed by atoms with E-state index in [0.717, 1.165) is 29.5 Å². The quantitative estimate of drug-likeness (QED) is 0.250. The van der Waals surface area contributed by atoms with Gasteiger partial charge in [-0.1, -0.05) is 59.7 Å². The molecule has 0 amide bonds. The van der Waals surface area contributed by atoms with Gasteiger partial charge in [0.2, 0.25) is 0 Å². The van der Waals surface area contributed by atoms with Crippen molar-refractivity contribution in [1.82, 2.24) is 0 Å². The summed E-state index contributed by atoms with van der Waals surface area (Å²) >= 11 is 0. The summed E-state index contributed by atoms with van der Waals surface area (Å²) in [6.07, 6.45) is 2.58. The minimum Gasteiger partial charge on any atom is -0.381 e. The largest absolute Gasteiger partial charge is 0.381 e. The number of hydrogen-bond acceptors (Lipinski definition) is 7. The molecule has 0 bridgehead atoms. The SMILES string of the molecule is Cc1ccc(S(=O)(=O)OCCC(CCOS(=O)(=O)c2ccc(C)cc2)c2ccccc2C2CCOCC2)cc1. The van der Waals surface area contributed by atoms with Gasteiger partial charge in [0.05, 0.1) is 23.0 Å². The Bertz CT molecular complexity index is 1340. The lowest BCUT2D eigenvalue weighted by Crippen LogP contribution is -2.18. The molecule has 0 radical (unpaired) electrons. The van der Waals surface area contributed by atoms with Crippen LogP contribution in [-0.4, -0.2) is 43.3 Å². The zero-order chi connectivity index (χ0) is 27.9. The first kappa shape index (κ1) is 29.4. The summed E-state index contributed by atoms with van der Waals surface area (Å²) in [5.74, 6) is 0.164. The first-order chi connectivity index (χ1) is 18.7. The second-order valence-electron chi connectivity index (χ2n) is 9.97. The fraction of sp³-hybridized carbons (Fsp3) is 0.400. The van der Waals surface area contributed by atoms with Gasteiger partial charge in [0, 0.05) is 13.2 Å². The van der Waals surface area contributed by atoms with E-state index >= 15 is 0 Å². The third-order valence-corrected chi connectivity index (χ3v) is 9.78. The molecule has 3 aromatic carbocycles. The molecule has 0 unspecified atom stereocenters. The molecule has 1 fully saturated rings. The molecule has 0 aromatic heterocycles. The van der Waals surface area contributed by atoms with Gasteiger partial charge in [-0.2, -0.15) is 16.8 Å². The molecule has 1 aliphatic rings. The van der Waals surface area contributed by atoms with Crippen molar-refractivity contribution in [3.8, 4) is 0 Å². The summed E-state index contributed by atoms with van der Waals surface area (Å²) in [6, 6.07) is 21.2. The molecule has 210 valence electrons. The van der Waals surface area contributed by atoms with E-state index in [9.17, 15) is 16.8 Å². The molecule has 1 aliphatic heterocycles. The number of benzene rings is 3. The number of aryl methyl sites for hydroxylation is 2. The van der Waals surface area contributed by atoms with Crippen LogP contribution in [0, 0.1) is 13.8 Å². The normalized spacial score (nSPS) is 15.1. The highest BCUT2D eigenvalue weighted by Crippen LogP contribution is 2.36. The van der Waals surface area contributed by atoms with E-state index in [1.165, 1.54) is 29.8 Å². The van der Waals surface area contributed by atoms with Gasteiger partial charge in [0.25, 0.3) is 20.2 Å². The Hall–Kier alpha value is -2.56. The average molecular weight is 573 g/mol. The predicted molar refractivity (Wildman–Crippen MR) is 150 cm³/mol. The van der Waals surface area contributed by atoms with Crippen LogP contribution < -0.4 is 0 Å². The van der Waals surface area contributed by atoms with Crippen molar-refractivity contribution in [2.45, 2.75) is 61.2 Å². The molecule has 0 aliphatic carbocycles. The third-order valence-electron chi connectivity index (χ3n) is 7.13. The average Bonchev–Trinajstić information content (AvgIpc) is 2.93. The lowest BCUT2D eigenvalue weighted by Gasteiger charge is -2.28. The van der Waals surface area contributed by atoms with Crippen LogP contribution in [0.25, 0.3) is 0 Å². The fourth-order valence-corrected chi connectivity index (χ4v) is 6.71. The second-order valence-corrected chi connectivity index (χ2v) is 13.2. The minimum atomic E-state index is -3.91. The zero-order valence-corrected chi connectivity index (χ0v) is 24.0. The van der Waals surface area contributed by atoms with E-state index in [1.54, 1.807) is 24.3 Å². The first-order valence-corrected chi connectivity index (χ1v) is 16.1. The van der Waals surface area contributed by atoms with Crippen LogP contribution in [0.3, 0.4) is 0 Å². The summed E-state index contributed by atoms with van der Waals surface area (Å²) < 4.78 is 67.4. The maximum atomic E-state index is 12.8. The molecule has 0 N–H and O–H groups in total. The lowest BCUT2D eigenvalue weighted by atomic mass is 9.82. The van der Waals surface area contributed by atoms with Crippen LogP contribution in [0.4, 0.5) is 0 Å². The highest BCUT2D eigenvalue weighted by atomic mass is 32.2. The van der Waals surface area contributed by atoms with Crippen molar-refractivity contribution in [2.24, 2.45) is 0 Å². The standard InChI is InChI=1S/C30H36O7S2/c1-23-7-11-27(12-8-23)38(31,32)36-21-17-26(18-22-37-39(33,34)28-13-9-24(2)10-14-28)30-6-4-3-5-29(30)25-15-19-35-20-16-25/h3-14,25-26H,15-22H2,1-2H3. The van der Waals surface area contributed by atoms with E-state index in [-0.39, 0.29) is 28.9 Å². The van der Waals surface area contributed by atoms with Gasteiger partial charge >= 0.3 is 0 Å². The second kappa shape index (κ2) is 13.2. The highest BCUT2D eigenvalue weighted by Gasteiger charge is 2.25. The molecule has 1 heterocycles. The molecular weight excluding hydrogens is 536 g/mol. The van der Waals surface area contributed by atoms with Gasteiger partial charge in [-0.15, -0.1) is 0 Å². The molecule has 3 aromatic rings. The van der Waals surface area contributed by atoms with Gasteiger partial charge in [-0.25, -0.2) is 0 Å². The predicted octanol–water partition coefficient (Wildman–Crippen LogP) is 5.87. The Morgan fingerprint density at radius 2 is 1.18 bits per heavy atom. The smallest absolute Gasteiger partial charge is 0.296 e. The highest BCUT2D eigenvalue weighted by molar-refractivity contribution is 7.87. The van der Waals surface area contributed by atoms with E-state index in [1.807, 2.05) is 32.0 Å². The Morgan fingerprint density at radius 3 is 1.67 bits per heavy atom. The topological polar surface area (TPSA) is 96.0 Å². The number of rotatable bonds is 12. The van der Waals surface area contributed by atoms with Crippen molar-refractivity contribution >= 4 is 20.2 Å². The summed E-state index contributed by atoms with van der Waals surface area (Å²) in [4.78, 5) is 0.222. The van der Waals surface area contributed by atoms with Gasteiger partial charge in [0.1, 0.15) is 0 Å². The van der Waals surface area contributed by atoms with Gasteiger partial charge < -0.3 is 4.74 Å². The van der Waals surface area contributed by atoms with E-state index in [0.29, 0.717) is 32.0 Å². The summed E-state index contributed by atoms with van der Waals surface area (Å²) in [6.45, 7) is 5.10. The summed E-state index contributed by atoms with van der Waals surface area (Å²) in [5.41, 5.74) is 4.17. The van der Waals surface area contributed by atoms with E-state index < -0.39 is 20.2 Å². The van der Waals surface area contributed by atoms with Crippen molar-refractivity contribution < 1.29 is 29.9 Å². The fourth-order valence-electron chi connectivity index (χ4n) is 4.86. The summed E-state index contributed by atoms with van der Waals surface area (Å²) in [5, 5.41) is 0. The Labute approximate surface area is 232 Å². The molecule has 4 rings (SSSR count). The van der Waals surface area contributed by atoms with Crippen molar-refractivity contribution in [3.05, 3.63) is 95.1 Å². The Morgan fingerprint density at radius 1 is 0.718 bits per heavy atom. The minimum absolute atomic E-state index is 0.0340. The molecule has 0 atom stereocenters. The van der Waals surface area contributed by atoms with Gasteiger partial charge in [-0.05, 0) is 86.8 Å². The van der Waals surface area contributed by atoms with Crippen molar-refractivity contribution in [3.63, 3.8) is 0 Å². The molecule has 9 heteroatoms. The van der Waals surface area contributed by atoms with Crippen LogP contribution in [0.2, 0.25) is 0 Å². The summed E-state index contributed by atoms with van der Waals surface area (Å²) in [7, 11) is -7.82. The molecule has 0 saturated carbocycles. The maximum Gasteiger partial charge on any atom is 0.296 e. The Balaban J connectivity index is 1.50. The van der Waals surface area contributed by atoms with E-state index in [2.05, 4.69) is 6.07 Å². The van der Waals surface area contributed by atoms with Crippen LogP contribution in [-0.2, 0) is 33.3 Å². The zero-order valence-electron chi connectivity index (χ0n) is 22.4. The molecule has 1 saturated heterocycles. The van der Waals surface area contributed by atoms with Crippen molar-refractivity contribution in [2.75, 3.05) is 26.4 Å². The molecule has 39 heavy (non-hydrogen) atoms. The Kier molecular flexibility index (Phi) is 9.96. The molecule has 0 spiro atoms. The monoisotopic (exact) mass is 572 g/mol. The molecular formula is C30H36O7S2. The van der Waals surface area contributed by atoms with E-state index in [4.69, 9.17) is 13.1 Å². The maximum absolute atomic E-state index is 12.8. The van der Waals surface area contributed by atoms with Gasteiger partial charge in [-0.3, -0.25) is 8.37 Å². The van der Waals surface area contributed by atoms with Crippen LogP contribution >= 0.6 is 0 Å². The number of hydrogen-bond donors (Lipinski definition) is 0. The first-order valence-electron chi connectivity index (χ1n) is 13.2. The van der Waals surface area contributed by atoms with Crippen LogP contribution in [0.15, 0.2) is 82.6 Å². The molecule has 7 nitrogen and oxygen atoms in total. The lowest BCUT2D eigenvalue weighted by molar-refractivity contribution is 0.0850. The van der Waals surface area contributed by atoms with Gasteiger partial charge in [0.15, 0.2) is 0 Å². The number of ether oxygens (including phenoxy) is 1. The van der Waals surface area contributed by atoms with Crippen molar-refractivity contribution in [1.29, 1.82) is 0 Å².